The van der Waals surface area contributed by atoms with Crippen LogP contribution in [0.25, 0.3) is 0 Å². The molecule has 1 fully saturated rings. The number of hydrogen-bond acceptors (Lipinski definition) is 11. The fourth-order valence-electron chi connectivity index (χ4n) is 2.60. The Bertz CT molecular complexity index is 629. The van der Waals surface area contributed by atoms with E-state index in [1.54, 1.807) is 6.92 Å². The minimum Gasteiger partial charge on any atom is -0.463 e. The van der Waals surface area contributed by atoms with Gasteiger partial charge in [-0.1, -0.05) is 6.92 Å². The molecule has 0 N–H and O–H groups in total. The van der Waals surface area contributed by atoms with Crippen LogP contribution in [-0.2, 0) is 52.4 Å². The van der Waals surface area contributed by atoms with Gasteiger partial charge in [-0.05, 0) is 0 Å². The van der Waals surface area contributed by atoms with Crippen molar-refractivity contribution in [2.75, 3.05) is 13.2 Å². The lowest BCUT2D eigenvalue weighted by molar-refractivity contribution is -0.306. The van der Waals surface area contributed by atoms with Gasteiger partial charge in [-0.25, -0.2) is 0 Å². The highest BCUT2D eigenvalue weighted by Gasteiger charge is 2.52. The number of rotatable bonds is 9. The summed E-state index contributed by atoms with van der Waals surface area (Å²) < 4.78 is 31.7. The van der Waals surface area contributed by atoms with E-state index in [2.05, 4.69) is 0 Å². The van der Waals surface area contributed by atoms with Gasteiger partial charge in [0, 0.05) is 34.1 Å². The molecule has 0 aromatic carbocycles. The molecular weight excluding hydrogens is 392 g/mol. The monoisotopic (exact) mass is 418 g/mol. The zero-order valence-electron chi connectivity index (χ0n) is 17.0. The maximum absolute atomic E-state index is 11.6. The first-order chi connectivity index (χ1) is 13.5. The third-order valence-electron chi connectivity index (χ3n) is 3.75. The standard InChI is InChI=1S/C18H26O11/c1-6-13(23)7-25-18-17(28-12(5)22)16(27-11(4)21)15(26-10(3)20)14(29-18)8-24-9(2)19/h14-18H,6-8H2,1-5H3. The molecule has 1 rings (SSSR count). The Morgan fingerprint density at radius 1 is 0.759 bits per heavy atom. The molecule has 1 aliphatic rings. The van der Waals surface area contributed by atoms with Crippen LogP contribution in [0.15, 0.2) is 0 Å². The summed E-state index contributed by atoms with van der Waals surface area (Å²) in [7, 11) is 0. The number of hydrogen-bond donors (Lipinski definition) is 0. The molecule has 1 heterocycles. The van der Waals surface area contributed by atoms with Crippen LogP contribution < -0.4 is 0 Å². The molecule has 0 aromatic heterocycles. The van der Waals surface area contributed by atoms with Crippen LogP contribution in [0.2, 0.25) is 0 Å². The van der Waals surface area contributed by atoms with Gasteiger partial charge < -0.3 is 28.4 Å². The number of ketones is 1. The zero-order chi connectivity index (χ0) is 22.1. The van der Waals surface area contributed by atoms with Crippen molar-refractivity contribution in [1.29, 1.82) is 0 Å². The SMILES string of the molecule is CCC(=O)COC1OC(COC(C)=O)C(OC(C)=O)C(OC(C)=O)C1OC(C)=O. The summed E-state index contributed by atoms with van der Waals surface area (Å²) in [4.78, 5) is 57.7. The Morgan fingerprint density at radius 3 is 1.76 bits per heavy atom. The van der Waals surface area contributed by atoms with Crippen LogP contribution in [0.5, 0.6) is 0 Å². The third-order valence-corrected chi connectivity index (χ3v) is 3.75. The lowest BCUT2D eigenvalue weighted by Gasteiger charge is -2.43. The van der Waals surface area contributed by atoms with E-state index >= 15 is 0 Å². The van der Waals surface area contributed by atoms with Gasteiger partial charge in [0.05, 0.1) is 0 Å². The third kappa shape index (κ3) is 8.16. The van der Waals surface area contributed by atoms with E-state index in [0.717, 1.165) is 20.8 Å². The summed E-state index contributed by atoms with van der Waals surface area (Å²) in [6, 6.07) is 0. The van der Waals surface area contributed by atoms with Crippen molar-refractivity contribution in [3.05, 3.63) is 0 Å². The molecular formula is C18H26O11. The summed E-state index contributed by atoms with van der Waals surface area (Å²) in [5, 5.41) is 0. The summed E-state index contributed by atoms with van der Waals surface area (Å²) in [5.74, 6) is -3.10. The first kappa shape index (κ1) is 24.5. The lowest BCUT2D eigenvalue weighted by Crippen LogP contribution is -2.63. The summed E-state index contributed by atoms with van der Waals surface area (Å²) >= 11 is 0. The van der Waals surface area contributed by atoms with Crippen LogP contribution in [0.1, 0.15) is 41.0 Å². The second kappa shape index (κ2) is 11.5. The summed E-state index contributed by atoms with van der Waals surface area (Å²) in [5.41, 5.74) is 0. The highest BCUT2D eigenvalue weighted by Crippen LogP contribution is 2.30. The Kier molecular flexibility index (Phi) is 9.69. The van der Waals surface area contributed by atoms with E-state index < -0.39 is 54.6 Å². The molecule has 1 saturated heterocycles. The number of ether oxygens (including phenoxy) is 6. The largest absolute Gasteiger partial charge is 0.463 e. The average molecular weight is 418 g/mol. The molecule has 164 valence electrons. The number of Topliss-reactive ketones (excluding diaryl/α,β-unsaturated/α-hetero) is 1. The van der Waals surface area contributed by atoms with Gasteiger partial charge in [0.2, 0.25) is 0 Å². The summed E-state index contributed by atoms with van der Waals surface area (Å²) in [6.45, 7) is 5.44. The Labute approximate surface area is 167 Å². The molecule has 5 unspecified atom stereocenters. The van der Waals surface area contributed by atoms with Crippen molar-refractivity contribution in [2.24, 2.45) is 0 Å². The van der Waals surface area contributed by atoms with E-state index in [-0.39, 0.29) is 25.4 Å². The second-order valence-corrected chi connectivity index (χ2v) is 6.27. The lowest BCUT2D eigenvalue weighted by atomic mass is 9.98. The van der Waals surface area contributed by atoms with Gasteiger partial charge in [0.1, 0.15) is 19.3 Å². The van der Waals surface area contributed by atoms with Crippen LogP contribution in [0.3, 0.4) is 0 Å². The fourth-order valence-corrected chi connectivity index (χ4v) is 2.60. The molecule has 5 atom stereocenters. The normalized spacial score (nSPS) is 26.2. The number of carbonyl (C=O) groups is 5. The van der Waals surface area contributed by atoms with Crippen LogP contribution >= 0.6 is 0 Å². The average Bonchev–Trinajstić information content (AvgIpc) is 2.60. The molecule has 0 aromatic rings. The van der Waals surface area contributed by atoms with Crippen LogP contribution in [0.4, 0.5) is 0 Å². The maximum atomic E-state index is 11.6. The topological polar surface area (TPSA) is 141 Å². The van der Waals surface area contributed by atoms with Crippen molar-refractivity contribution in [3.63, 3.8) is 0 Å². The molecule has 0 bridgehead atoms. The van der Waals surface area contributed by atoms with Gasteiger partial charge in [-0.15, -0.1) is 0 Å². The van der Waals surface area contributed by atoms with E-state index in [4.69, 9.17) is 28.4 Å². The maximum Gasteiger partial charge on any atom is 0.303 e. The first-order valence-corrected chi connectivity index (χ1v) is 8.98. The molecule has 11 nitrogen and oxygen atoms in total. The molecule has 0 radical (unpaired) electrons. The number of esters is 4. The second-order valence-electron chi connectivity index (χ2n) is 6.27. The van der Waals surface area contributed by atoms with Crippen molar-refractivity contribution in [1.82, 2.24) is 0 Å². The highest BCUT2D eigenvalue weighted by molar-refractivity contribution is 5.79. The molecule has 11 heteroatoms. The van der Waals surface area contributed by atoms with Crippen molar-refractivity contribution in [3.8, 4) is 0 Å². The zero-order valence-corrected chi connectivity index (χ0v) is 17.0. The quantitative estimate of drug-likeness (QED) is 0.371. The predicted octanol–water partition coefficient (Wildman–Crippen LogP) is 0.0652. The van der Waals surface area contributed by atoms with Gasteiger partial charge in [-0.2, -0.15) is 0 Å². The smallest absolute Gasteiger partial charge is 0.303 e. The van der Waals surface area contributed by atoms with Crippen molar-refractivity contribution < 1.29 is 52.4 Å². The van der Waals surface area contributed by atoms with Crippen molar-refractivity contribution in [2.45, 2.75) is 71.7 Å². The van der Waals surface area contributed by atoms with Crippen molar-refractivity contribution >= 4 is 29.7 Å². The molecule has 29 heavy (non-hydrogen) atoms. The van der Waals surface area contributed by atoms with E-state index in [1.807, 2.05) is 0 Å². The fraction of sp³-hybridized carbons (Fsp3) is 0.722. The van der Waals surface area contributed by atoms with Crippen LogP contribution in [-0.4, -0.2) is 73.6 Å². The summed E-state index contributed by atoms with van der Waals surface area (Å²) in [6.07, 6.45) is -6.17. The van der Waals surface area contributed by atoms with Gasteiger partial charge in [0.25, 0.3) is 0 Å². The Morgan fingerprint density at radius 2 is 1.28 bits per heavy atom. The molecule has 0 amide bonds. The van der Waals surface area contributed by atoms with Crippen LogP contribution in [0, 0.1) is 0 Å². The predicted molar refractivity (Wildman–Crippen MR) is 93.2 cm³/mol. The minimum absolute atomic E-state index is 0.200. The minimum atomic E-state index is -1.34. The molecule has 0 saturated carbocycles. The van der Waals surface area contributed by atoms with E-state index in [1.165, 1.54) is 6.92 Å². The first-order valence-electron chi connectivity index (χ1n) is 8.98. The highest BCUT2D eigenvalue weighted by atomic mass is 16.7. The van der Waals surface area contributed by atoms with Gasteiger partial charge >= 0.3 is 23.9 Å². The van der Waals surface area contributed by atoms with E-state index in [9.17, 15) is 24.0 Å². The van der Waals surface area contributed by atoms with Gasteiger partial charge in [-0.3, -0.25) is 24.0 Å². The Balaban J connectivity index is 3.26. The van der Waals surface area contributed by atoms with E-state index in [0.29, 0.717) is 0 Å². The Hall–Kier alpha value is -2.53. The molecule has 0 aliphatic carbocycles. The number of carbonyl (C=O) groups excluding carboxylic acids is 5. The van der Waals surface area contributed by atoms with Gasteiger partial charge in [0.15, 0.2) is 30.4 Å². The molecule has 0 spiro atoms. The molecule has 1 aliphatic heterocycles.